The minimum atomic E-state index is 0.664. The number of hydrogen-bond acceptors (Lipinski definition) is 3. The van der Waals surface area contributed by atoms with Gasteiger partial charge >= 0.3 is 0 Å². The van der Waals surface area contributed by atoms with Crippen molar-refractivity contribution in [2.45, 2.75) is 25.8 Å². The van der Waals surface area contributed by atoms with Gasteiger partial charge < -0.3 is 5.32 Å². The molecule has 0 bridgehead atoms. The van der Waals surface area contributed by atoms with E-state index >= 15 is 0 Å². The average molecular weight is 189 g/mol. The topological polar surface area (TPSA) is 24.9 Å². The molecule has 1 N–H and O–H groups in total. The first-order valence-electron chi connectivity index (χ1n) is 3.65. The molecule has 0 spiro atoms. The number of rotatable bonds is 2. The lowest BCUT2D eigenvalue weighted by Crippen LogP contribution is -1.99. The second-order valence-corrected chi connectivity index (χ2v) is 4.40. The fourth-order valence-corrected chi connectivity index (χ4v) is 1.87. The van der Waals surface area contributed by atoms with E-state index in [1.807, 2.05) is 6.92 Å². The molecule has 2 rings (SSSR count). The fraction of sp³-hybridized carbons (Fsp3) is 0.571. The molecule has 11 heavy (non-hydrogen) atoms. The smallest absolute Gasteiger partial charge is 0.184 e. The van der Waals surface area contributed by atoms with Crippen LogP contribution < -0.4 is 5.32 Å². The zero-order chi connectivity index (χ0) is 7.84. The summed E-state index contributed by atoms with van der Waals surface area (Å²) >= 11 is 7.38. The van der Waals surface area contributed by atoms with Gasteiger partial charge in [0, 0.05) is 6.04 Å². The highest BCUT2D eigenvalue weighted by atomic mass is 35.5. The van der Waals surface area contributed by atoms with Crippen molar-refractivity contribution in [2.75, 3.05) is 5.32 Å². The monoisotopic (exact) mass is 188 g/mol. The Bertz CT molecular complexity index is 248. The molecule has 1 aliphatic rings. The molecular weight excluding hydrogens is 180 g/mol. The Labute approximate surface area is 74.6 Å². The van der Waals surface area contributed by atoms with E-state index in [0.29, 0.717) is 6.04 Å². The minimum Gasteiger partial charge on any atom is -0.359 e. The van der Waals surface area contributed by atoms with E-state index in [2.05, 4.69) is 10.3 Å². The van der Waals surface area contributed by atoms with Crippen molar-refractivity contribution < 1.29 is 0 Å². The van der Waals surface area contributed by atoms with E-state index < -0.39 is 0 Å². The maximum atomic E-state index is 5.85. The van der Waals surface area contributed by atoms with Crippen LogP contribution in [0, 0.1) is 6.92 Å². The molecule has 1 heterocycles. The van der Waals surface area contributed by atoms with Gasteiger partial charge in [-0.2, -0.15) is 0 Å². The maximum absolute atomic E-state index is 5.85. The SMILES string of the molecule is Cc1nc(NC2CC2)sc1Cl. The van der Waals surface area contributed by atoms with Crippen LogP contribution in [-0.4, -0.2) is 11.0 Å². The lowest BCUT2D eigenvalue weighted by atomic mass is 10.6. The van der Waals surface area contributed by atoms with E-state index in [1.54, 1.807) is 0 Å². The summed E-state index contributed by atoms with van der Waals surface area (Å²) in [6, 6.07) is 0.664. The van der Waals surface area contributed by atoms with Gasteiger partial charge in [0.25, 0.3) is 0 Å². The van der Waals surface area contributed by atoms with Crippen molar-refractivity contribution in [1.29, 1.82) is 0 Å². The standard InChI is InChI=1S/C7H9ClN2S/c1-4-6(8)11-7(9-4)10-5-2-3-5/h5H,2-3H2,1H3,(H,9,10). The van der Waals surface area contributed by atoms with E-state index in [9.17, 15) is 0 Å². The van der Waals surface area contributed by atoms with Gasteiger partial charge in [-0.1, -0.05) is 22.9 Å². The molecule has 60 valence electrons. The number of thiazole rings is 1. The number of halogens is 1. The van der Waals surface area contributed by atoms with Gasteiger partial charge in [-0.25, -0.2) is 4.98 Å². The summed E-state index contributed by atoms with van der Waals surface area (Å²) in [6.07, 6.45) is 2.55. The highest BCUT2D eigenvalue weighted by molar-refractivity contribution is 7.19. The Hall–Kier alpha value is -0.280. The summed E-state index contributed by atoms with van der Waals surface area (Å²) in [4.78, 5) is 4.27. The summed E-state index contributed by atoms with van der Waals surface area (Å²) in [6.45, 7) is 1.93. The van der Waals surface area contributed by atoms with Crippen LogP contribution in [0.5, 0.6) is 0 Å². The maximum Gasteiger partial charge on any atom is 0.184 e. The number of hydrogen-bond donors (Lipinski definition) is 1. The third kappa shape index (κ3) is 1.65. The van der Waals surface area contributed by atoms with Crippen LogP contribution >= 0.6 is 22.9 Å². The van der Waals surface area contributed by atoms with Gasteiger partial charge in [-0.3, -0.25) is 0 Å². The molecule has 0 atom stereocenters. The van der Waals surface area contributed by atoms with E-state index in [-0.39, 0.29) is 0 Å². The summed E-state index contributed by atoms with van der Waals surface area (Å²) in [5.74, 6) is 0. The minimum absolute atomic E-state index is 0.664. The molecule has 1 fully saturated rings. The molecule has 0 aliphatic heterocycles. The predicted octanol–water partition coefficient (Wildman–Crippen LogP) is 2.68. The van der Waals surface area contributed by atoms with Crippen LogP contribution in [0.25, 0.3) is 0 Å². The highest BCUT2D eigenvalue weighted by Gasteiger charge is 2.22. The quantitative estimate of drug-likeness (QED) is 0.772. The Morgan fingerprint density at radius 2 is 2.36 bits per heavy atom. The largest absolute Gasteiger partial charge is 0.359 e. The summed E-state index contributed by atoms with van der Waals surface area (Å²) in [5, 5.41) is 4.27. The van der Waals surface area contributed by atoms with Crippen LogP contribution in [0.2, 0.25) is 4.34 Å². The van der Waals surface area contributed by atoms with Gasteiger partial charge in [0.15, 0.2) is 5.13 Å². The normalized spacial score (nSPS) is 16.9. The Balaban J connectivity index is 2.11. The second-order valence-electron chi connectivity index (χ2n) is 2.80. The van der Waals surface area contributed by atoms with Crippen molar-refractivity contribution in [1.82, 2.24) is 4.98 Å². The molecule has 4 heteroatoms. The van der Waals surface area contributed by atoms with E-state index in [0.717, 1.165) is 15.2 Å². The van der Waals surface area contributed by atoms with E-state index in [1.165, 1.54) is 24.2 Å². The Kier molecular flexibility index (Phi) is 1.77. The first-order valence-corrected chi connectivity index (χ1v) is 4.84. The lowest BCUT2D eigenvalue weighted by molar-refractivity contribution is 1.12. The molecule has 1 saturated carbocycles. The molecule has 1 aliphatic carbocycles. The van der Waals surface area contributed by atoms with Crippen molar-refractivity contribution in [3.05, 3.63) is 10.0 Å². The van der Waals surface area contributed by atoms with Gasteiger partial charge in [0.05, 0.1) is 5.69 Å². The zero-order valence-electron chi connectivity index (χ0n) is 6.22. The number of anilines is 1. The van der Waals surface area contributed by atoms with Crippen molar-refractivity contribution >= 4 is 28.1 Å². The first kappa shape index (κ1) is 7.37. The molecule has 1 aromatic heterocycles. The van der Waals surface area contributed by atoms with Crippen molar-refractivity contribution in [3.8, 4) is 0 Å². The average Bonchev–Trinajstić information content (AvgIpc) is 2.65. The lowest BCUT2D eigenvalue weighted by Gasteiger charge is -1.94. The van der Waals surface area contributed by atoms with Gasteiger partial charge in [0.2, 0.25) is 0 Å². The number of nitrogens with one attached hydrogen (secondary N) is 1. The van der Waals surface area contributed by atoms with Crippen molar-refractivity contribution in [3.63, 3.8) is 0 Å². The molecule has 0 amide bonds. The van der Waals surface area contributed by atoms with Gasteiger partial charge in [-0.05, 0) is 19.8 Å². The molecular formula is C7H9ClN2S. The van der Waals surface area contributed by atoms with Crippen molar-refractivity contribution in [2.24, 2.45) is 0 Å². The molecule has 0 aromatic carbocycles. The van der Waals surface area contributed by atoms with Gasteiger partial charge in [0.1, 0.15) is 4.34 Å². The van der Waals surface area contributed by atoms with Crippen LogP contribution in [0.3, 0.4) is 0 Å². The second kappa shape index (κ2) is 2.64. The fourth-order valence-electron chi connectivity index (χ4n) is 0.842. The van der Waals surface area contributed by atoms with Gasteiger partial charge in [-0.15, -0.1) is 0 Å². The molecule has 0 saturated heterocycles. The van der Waals surface area contributed by atoms with E-state index in [4.69, 9.17) is 11.6 Å². The number of aryl methyl sites for hydroxylation is 1. The third-order valence-corrected chi connectivity index (χ3v) is 3.03. The molecule has 1 aromatic rings. The van der Waals surface area contributed by atoms with Crippen LogP contribution in [0.4, 0.5) is 5.13 Å². The zero-order valence-corrected chi connectivity index (χ0v) is 7.80. The van der Waals surface area contributed by atoms with Crippen LogP contribution in [0.1, 0.15) is 18.5 Å². The number of nitrogens with zero attached hydrogens (tertiary/aromatic N) is 1. The molecule has 0 unspecified atom stereocenters. The third-order valence-electron chi connectivity index (χ3n) is 1.64. The molecule has 0 radical (unpaired) electrons. The first-order chi connectivity index (χ1) is 5.25. The Morgan fingerprint density at radius 3 is 2.82 bits per heavy atom. The summed E-state index contributed by atoms with van der Waals surface area (Å²) < 4.78 is 0.799. The van der Waals surface area contributed by atoms with Crippen LogP contribution in [0.15, 0.2) is 0 Å². The highest BCUT2D eigenvalue weighted by Crippen LogP contribution is 2.31. The molecule has 2 nitrogen and oxygen atoms in total. The Morgan fingerprint density at radius 1 is 1.64 bits per heavy atom. The van der Waals surface area contributed by atoms with Crippen LogP contribution in [-0.2, 0) is 0 Å². The number of aromatic nitrogens is 1. The predicted molar refractivity (Wildman–Crippen MR) is 48.5 cm³/mol. The summed E-state index contributed by atoms with van der Waals surface area (Å²) in [7, 11) is 0. The summed E-state index contributed by atoms with van der Waals surface area (Å²) in [5.41, 5.74) is 0.930.